The molecule has 0 radical (unpaired) electrons. The molecular weight excluding hydrogens is 334 g/mol. The lowest BCUT2D eigenvalue weighted by Crippen LogP contribution is -2.41. The van der Waals surface area contributed by atoms with Gasteiger partial charge in [0.15, 0.2) is 0 Å². The zero-order valence-electron chi connectivity index (χ0n) is 14.5. The van der Waals surface area contributed by atoms with Crippen molar-refractivity contribution in [3.05, 3.63) is 0 Å². The minimum absolute atomic E-state index is 0.228. The van der Waals surface area contributed by atoms with Crippen LogP contribution in [0, 0.1) is 0 Å². The lowest BCUT2D eigenvalue weighted by Gasteiger charge is -2.13. The van der Waals surface area contributed by atoms with E-state index in [9.17, 15) is 18.0 Å². The van der Waals surface area contributed by atoms with Crippen LogP contribution in [0.4, 0.5) is 0 Å². The van der Waals surface area contributed by atoms with E-state index < -0.39 is 33.8 Å². The van der Waals surface area contributed by atoms with Crippen LogP contribution in [0.1, 0.15) is 77.6 Å². The first-order valence-corrected chi connectivity index (χ1v) is 10.3. The summed E-state index contributed by atoms with van der Waals surface area (Å²) in [6.07, 6.45) is 9.95. The summed E-state index contributed by atoms with van der Waals surface area (Å²) in [4.78, 5) is 22.7. The number of unbranched alkanes of at least 4 members (excludes halogenated alkanes) is 8. The molecule has 0 bridgehead atoms. The summed E-state index contributed by atoms with van der Waals surface area (Å²) in [5.74, 6) is -2.40. The molecule has 0 aliphatic heterocycles. The predicted octanol–water partition coefficient (Wildman–Crippen LogP) is 2.75. The Morgan fingerprint density at radius 2 is 1.46 bits per heavy atom. The second-order valence-electron chi connectivity index (χ2n) is 6.11. The molecular formula is C16H31NO6S. The zero-order valence-corrected chi connectivity index (χ0v) is 15.3. The molecule has 0 aliphatic rings. The molecule has 1 atom stereocenters. The van der Waals surface area contributed by atoms with Gasteiger partial charge in [0, 0.05) is 6.42 Å². The fraction of sp³-hybridized carbons (Fsp3) is 0.875. The van der Waals surface area contributed by atoms with E-state index in [1.54, 1.807) is 0 Å². The maximum atomic E-state index is 11.7. The van der Waals surface area contributed by atoms with E-state index in [1.165, 1.54) is 32.1 Å². The van der Waals surface area contributed by atoms with Crippen LogP contribution in [0.3, 0.4) is 0 Å². The summed E-state index contributed by atoms with van der Waals surface area (Å²) < 4.78 is 29.9. The fourth-order valence-electron chi connectivity index (χ4n) is 2.39. The first kappa shape index (κ1) is 22.9. The van der Waals surface area contributed by atoms with Gasteiger partial charge in [-0.3, -0.25) is 9.35 Å². The number of aliphatic carboxylic acids is 1. The highest BCUT2D eigenvalue weighted by atomic mass is 32.2. The minimum atomic E-state index is -4.24. The third-order valence-corrected chi connectivity index (χ3v) is 4.56. The summed E-state index contributed by atoms with van der Waals surface area (Å²) in [5, 5.41) is 11.3. The highest BCUT2D eigenvalue weighted by Crippen LogP contribution is 2.10. The van der Waals surface area contributed by atoms with Crippen molar-refractivity contribution in [1.29, 1.82) is 0 Å². The molecule has 7 nitrogen and oxygen atoms in total. The van der Waals surface area contributed by atoms with E-state index in [-0.39, 0.29) is 12.8 Å². The monoisotopic (exact) mass is 365 g/mol. The van der Waals surface area contributed by atoms with Gasteiger partial charge in [0.25, 0.3) is 10.1 Å². The van der Waals surface area contributed by atoms with Crippen LogP contribution >= 0.6 is 0 Å². The normalized spacial score (nSPS) is 12.8. The van der Waals surface area contributed by atoms with Gasteiger partial charge in [0.1, 0.15) is 6.04 Å². The number of amides is 1. The highest BCUT2D eigenvalue weighted by molar-refractivity contribution is 7.85. The number of carbonyl (C=O) groups excluding carboxylic acids is 1. The first-order valence-electron chi connectivity index (χ1n) is 8.73. The Bertz CT molecular complexity index is 463. The Balaban J connectivity index is 3.80. The van der Waals surface area contributed by atoms with E-state index in [0.717, 1.165) is 19.3 Å². The van der Waals surface area contributed by atoms with Gasteiger partial charge in [-0.2, -0.15) is 8.42 Å². The molecule has 0 rings (SSSR count). The molecule has 142 valence electrons. The van der Waals surface area contributed by atoms with Crippen molar-refractivity contribution < 1.29 is 27.7 Å². The van der Waals surface area contributed by atoms with Crippen LogP contribution in [-0.4, -0.2) is 41.7 Å². The van der Waals surface area contributed by atoms with E-state index in [0.29, 0.717) is 6.42 Å². The number of carboxylic acid groups (broad SMARTS) is 1. The summed E-state index contributed by atoms with van der Waals surface area (Å²) in [5.41, 5.74) is 0. The third kappa shape index (κ3) is 14.4. The fourth-order valence-corrected chi connectivity index (χ4v) is 2.92. The van der Waals surface area contributed by atoms with Crippen LogP contribution in [0.25, 0.3) is 0 Å². The van der Waals surface area contributed by atoms with Gasteiger partial charge in [0.05, 0.1) is 5.75 Å². The van der Waals surface area contributed by atoms with Gasteiger partial charge >= 0.3 is 5.97 Å². The van der Waals surface area contributed by atoms with Crippen molar-refractivity contribution in [2.45, 2.75) is 83.6 Å². The van der Waals surface area contributed by atoms with Gasteiger partial charge in [-0.05, 0) is 12.8 Å². The van der Waals surface area contributed by atoms with E-state index in [2.05, 4.69) is 12.2 Å². The van der Waals surface area contributed by atoms with Gasteiger partial charge < -0.3 is 10.4 Å². The molecule has 0 fully saturated rings. The van der Waals surface area contributed by atoms with Crippen LogP contribution in [-0.2, 0) is 19.7 Å². The summed E-state index contributed by atoms with van der Waals surface area (Å²) in [6, 6.07) is -1.29. The molecule has 8 heteroatoms. The Kier molecular flexibility index (Phi) is 12.5. The van der Waals surface area contributed by atoms with Crippen molar-refractivity contribution in [3.8, 4) is 0 Å². The molecule has 0 aliphatic carbocycles. The SMILES string of the molecule is CCCCCCCCCCCC(=O)NC(CCS(=O)(=O)O)C(=O)O. The number of nitrogens with one attached hydrogen (secondary N) is 1. The second-order valence-corrected chi connectivity index (χ2v) is 7.68. The molecule has 1 unspecified atom stereocenters. The Labute approximate surface area is 145 Å². The molecule has 1 amide bonds. The highest BCUT2D eigenvalue weighted by Gasteiger charge is 2.21. The predicted molar refractivity (Wildman–Crippen MR) is 92.4 cm³/mol. The van der Waals surface area contributed by atoms with Gasteiger partial charge in [-0.25, -0.2) is 4.79 Å². The summed E-state index contributed by atoms with van der Waals surface area (Å²) >= 11 is 0. The number of carbonyl (C=O) groups is 2. The standard InChI is InChI=1S/C16H31NO6S/c1-2-3-4-5-6-7-8-9-10-11-15(18)17-14(16(19)20)12-13-24(21,22)23/h14H,2-13H2,1H3,(H,17,18)(H,19,20)(H,21,22,23). The summed E-state index contributed by atoms with van der Waals surface area (Å²) in [7, 11) is -4.24. The molecule has 0 aromatic rings. The maximum absolute atomic E-state index is 11.7. The quantitative estimate of drug-likeness (QED) is 0.303. The van der Waals surface area contributed by atoms with Gasteiger partial charge in [-0.1, -0.05) is 58.3 Å². The number of carboxylic acids is 1. The molecule has 0 aromatic carbocycles. The van der Waals surface area contributed by atoms with Crippen molar-refractivity contribution in [2.24, 2.45) is 0 Å². The van der Waals surface area contributed by atoms with Crippen LogP contribution < -0.4 is 5.32 Å². The topological polar surface area (TPSA) is 121 Å². The molecule has 0 saturated heterocycles. The van der Waals surface area contributed by atoms with E-state index >= 15 is 0 Å². The molecule has 3 N–H and O–H groups in total. The smallest absolute Gasteiger partial charge is 0.326 e. The third-order valence-electron chi connectivity index (χ3n) is 3.81. The first-order chi connectivity index (χ1) is 11.3. The van der Waals surface area contributed by atoms with Crippen LogP contribution in [0.5, 0.6) is 0 Å². The van der Waals surface area contributed by atoms with Crippen molar-refractivity contribution in [2.75, 3.05) is 5.75 Å². The van der Waals surface area contributed by atoms with E-state index in [1.807, 2.05) is 0 Å². The van der Waals surface area contributed by atoms with Crippen molar-refractivity contribution in [3.63, 3.8) is 0 Å². The molecule has 24 heavy (non-hydrogen) atoms. The molecule has 0 saturated carbocycles. The zero-order chi connectivity index (χ0) is 18.4. The average Bonchev–Trinajstić information content (AvgIpc) is 2.48. The number of rotatable bonds is 15. The molecule has 0 aromatic heterocycles. The lowest BCUT2D eigenvalue weighted by atomic mass is 10.1. The largest absolute Gasteiger partial charge is 0.480 e. The molecule has 0 spiro atoms. The number of hydrogen-bond acceptors (Lipinski definition) is 4. The average molecular weight is 365 g/mol. The second kappa shape index (κ2) is 13.2. The molecule has 0 heterocycles. The number of hydrogen-bond donors (Lipinski definition) is 3. The lowest BCUT2D eigenvalue weighted by molar-refractivity contribution is -0.141. The van der Waals surface area contributed by atoms with Crippen molar-refractivity contribution >= 4 is 22.0 Å². The summed E-state index contributed by atoms with van der Waals surface area (Å²) in [6.45, 7) is 2.18. The van der Waals surface area contributed by atoms with Crippen LogP contribution in [0.15, 0.2) is 0 Å². The Morgan fingerprint density at radius 1 is 0.958 bits per heavy atom. The maximum Gasteiger partial charge on any atom is 0.326 e. The Morgan fingerprint density at radius 3 is 1.92 bits per heavy atom. The minimum Gasteiger partial charge on any atom is -0.480 e. The van der Waals surface area contributed by atoms with Crippen molar-refractivity contribution in [1.82, 2.24) is 5.32 Å². The van der Waals surface area contributed by atoms with Crippen LogP contribution in [0.2, 0.25) is 0 Å². The van der Waals surface area contributed by atoms with Gasteiger partial charge in [0.2, 0.25) is 5.91 Å². The van der Waals surface area contributed by atoms with E-state index in [4.69, 9.17) is 9.66 Å². The van der Waals surface area contributed by atoms with Gasteiger partial charge in [-0.15, -0.1) is 0 Å². The Hall–Kier alpha value is -1.15.